The molecule has 0 aliphatic carbocycles. The quantitative estimate of drug-likeness (QED) is 0.547. The Bertz CT molecular complexity index is 730. The Morgan fingerprint density at radius 2 is 1.59 bits per heavy atom. The molecule has 4 nitrogen and oxygen atoms in total. The van der Waals surface area contributed by atoms with E-state index >= 15 is 0 Å². The van der Waals surface area contributed by atoms with E-state index < -0.39 is 0 Å². The molecular formula is C23H28N2O2. The molecule has 0 atom stereocenters. The summed E-state index contributed by atoms with van der Waals surface area (Å²) in [5.41, 5.74) is 2.73. The third-order valence-corrected chi connectivity index (χ3v) is 4.37. The number of unbranched alkanes of at least 4 members (excludes halogenated alkanes) is 4. The summed E-state index contributed by atoms with van der Waals surface area (Å²) < 4.78 is 5.80. The van der Waals surface area contributed by atoms with E-state index in [1.54, 1.807) is 12.1 Å². The van der Waals surface area contributed by atoms with Gasteiger partial charge in [-0.2, -0.15) is 5.26 Å². The first-order valence-electron chi connectivity index (χ1n) is 9.73. The molecule has 0 aliphatic heterocycles. The molecule has 27 heavy (non-hydrogen) atoms. The third-order valence-electron chi connectivity index (χ3n) is 4.37. The minimum Gasteiger partial charge on any atom is -0.494 e. The van der Waals surface area contributed by atoms with Crippen LogP contribution < -0.4 is 10.1 Å². The van der Waals surface area contributed by atoms with E-state index in [-0.39, 0.29) is 5.91 Å². The number of nitrogens with zero attached hydrogens (tertiary/aromatic N) is 1. The van der Waals surface area contributed by atoms with Crippen LogP contribution in [0.25, 0.3) is 11.1 Å². The third kappa shape index (κ3) is 7.15. The first-order chi connectivity index (χ1) is 13.2. The van der Waals surface area contributed by atoms with Crippen molar-refractivity contribution in [2.45, 2.75) is 45.4 Å². The minimum absolute atomic E-state index is 0.153. The maximum atomic E-state index is 12.0. The zero-order valence-corrected chi connectivity index (χ0v) is 16.0. The SMILES string of the molecule is CCCCCCCOc1ccc(-c2ccc(C(=O)NCCC#N)cc2)cc1. The fourth-order valence-electron chi connectivity index (χ4n) is 2.79. The zero-order chi connectivity index (χ0) is 19.3. The fourth-order valence-corrected chi connectivity index (χ4v) is 2.79. The lowest BCUT2D eigenvalue weighted by Gasteiger charge is -2.08. The summed E-state index contributed by atoms with van der Waals surface area (Å²) in [6.07, 6.45) is 6.48. The second-order valence-corrected chi connectivity index (χ2v) is 6.53. The van der Waals surface area contributed by atoms with Crippen molar-refractivity contribution in [2.24, 2.45) is 0 Å². The maximum Gasteiger partial charge on any atom is 0.251 e. The molecule has 2 rings (SSSR count). The molecule has 0 heterocycles. The molecule has 142 valence electrons. The highest BCUT2D eigenvalue weighted by Gasteiger charge is 2.05. The Hall–Kier alpha value is -2.80. The molecule has 1 N–H and O–H groups in total. The molecule has 2 aromatic rings. The minimum atomic E-state index is -0.153. The van der Waals surface area contributed by atoms with E-state index in [2.05, 4.69) is 12.2 Å². The van der Waals surface area contributed by atoms with Crippen LogP contribution in [-0.2, 0) is 0 Å². The first-order valence-corrected chi connectivity index (χ1v) is 9.73. The Kier molecular flexibility index (Phi) is 8.92. The number of ether oxygens (including phenoxy) is 1. The van der Waals surface area contributed by atoms with Crippen LogP contribution in [0.3, 0.4) is 0 Å². The number of carbonyl (C=O) groups is 1. The van der Waals surface area contributed by atoms with Crippen molar-refractivity contribution in [2.75, 3.05) is 13.2 Å². The number of rotatable bonds is 11. The first kappa shape index (κ1) is 20.5. The number of benzene rings is 2. The van der Waals surface area contributed by atoms with Gasteiger partial charge < -0.3 is 10.1 Å². The van der Waals surface area contributed by atoms with Gasteiger partial charge in [-0.1, -0.05) is 56.9 Å². The summed E-state index contributed by atoms with van der Waals surface area (Å²) in [4.78, 5) is 12.0. The van der Waals surface area contributed by atoms with Gasteiger partial charge in [0.15, 0.2) is 0 Å². The van der Waals surface area contributed by atoms with Gasteiger partial charge in [-0.05, 0) is 41.8 Å². The largest absolute Gasteiger partial charge is 0.494 e. The van der Waals surface area contributed by atoms with Gasteiger partial charge in [0.05, 0.1) is 19.1 Å². The second kappa shape index (κ2) is 11.7. The van der Waals surface area contributed by atoms with Gasteiger partial charge in [0.1, 0.15) is 5.75 Å². The van der Waals surface area contributed by atoms with E-state index in [1.807, 2.05) is 42.5 Å². The van der Waals surface area contributed by atoms with Gasteiger partial charge in [0.25, 0.3) is 5.91 Å². The molecule has 0 bridgehead atoms. The molecule has 0 spiro atoms. The van der Waals surface area contributed by atoms with Gasteiger partial charge in [-0.15, -0.1) is 0 Å². The van der Waals surface area contributed by atoms with Gasteiger partial charge >= 0.3 is 0 Å². The number of nitriles is 1. The average Bonchev–Trinajstić information content (AvgIpc) is 2.71. The summed E-state index contributed by atoms with van der Waals surface area (Å²) in [6, 6.07) is 17.5. The van der Waals surface area contributed by atoms with Crippen LogP contribution in [0.1, 0.15) is 55.8 Å². The molecule has 0 radical (unpaired) electrons. The molecule has 4 heteroatoms. The van der Waals surface area contributed by atoms with E-state index in [1.165, 1.54) is 25.7 Å². The normalized spacial score (nSPS) is 10.2. The Morgan fingerprint density at radius 1 is 0.963 bits per heavy atom. The van der Waals surface area contributed by atoms with E-state index in [0.29, 0.717) is 18.5 Å². The lowest BCUT2D eigenvalue weighted by Crippen LogP contribution is -2.24. The number of hydrogen-bond donors (Lipinski definition) is 1. The number of amides is 1. The fraction of sp³-hybridized carbons (Fsp3) is 0.391. The summed E-state index contributed by atoms with van der Waals surface area (Å²) in [6.45, 7) is 3.35. The van der Waals surface area contributed by atoms with Gasteiger partial charge in [-0.25, -0.2) is 0 Å². The van der Waals surface area contributed by atoms with Crippen LogP contribution in [0.15, 0.2) is 48.5 Å². The summed E-state index contributed by atoms with van der Waals surface area (Å²) >= 11 is 0. The van der Waals surface area contributed by atoms with Crippen molar-refractivity contribution in [1.29, 1.82) is 5.26 Å². The van der Waals surface area contributed by atoms with Gasteiger partial charge in [0.2, 0.25) is 0 Å². The molecule has 0 saturated carbocycles. The number of hydrogen-bond acceptors (Lipinski definition) is 3. The summed E-state index contributed by atoms with van der Waals surface area (Å²) in [7, 11) is 0. The zero-order valence-electron chi connectivity index (χ0n) is 16.0. The number of carbonyl (C=O) groups excluding carboxylic acids is 1. The standard InChI is InChI=1S/C23H28N2O2/c1-2-3-4-5-6-18-27-22-14-12-20(13-15-22)19-8-10-21(11-9-19)23(26)25-17-7-16-24/h8-15H,2-7,17-18H2,1H3,(H,25,26). The van der Waals surface area contributed by atoms with Crippen molar-refractivity contribution < 1.29 is 9.53 Å². The molecule has 1 amide bonds. The monoisotopic (exact) mass is 364 g/mol. The lowest BCUT2D eigenvalue weighted by molar-refractivity contribution is 0.0954. The second-order valence-electron chi connectivity index (χ2n) is 6.53. The Balaban J connectivity index is 1.84. The van der Waals surface area contributed by atoms with Crippen molar-refractivity contribution in [1.82, 2.24) is 5.32 Å². The lowest BCUT2D eigenvalue weighted by atomic mass is 10.0. The molecular weight excluding hydrogens is 336 g/mol. The van der Waals surface area contributed by atoms with Crippen molar-refractivity contribution >= 4 is 5.91 Å². The Labute approximate surface area is 162 Å². The highest BCUT2D eigenvalue weighted by Crippen LogP contribution is 2.23. The summed E-state index contributed by atoms with van der Waals surface area (Å²) in [5.74, 6) is 0.738. The predicted octanol–water partition coefficient (Wildman–Crippen LogP) is 5.35. The van der Waals surface area contributed by atoms with Crippen LogP contribution in [0, 0.1) is 11.3 Å². The number of nitrogens with one attached hydrogen (secondary N) is 1. The highest BCUT2D eigenvalue weighted by atomic mass is 16.5. The van der Waals surface area contributed by atoms with Crippen LogP contribution >= 0.6 is 0 Å². The van der Waals surface area contributed by atoms with E-state index in [0.717, 1.165) is 29.9 Å². The van der Waals surface area contributed by atoms with Crippen molar-refractivity contribution in [3.63, 3.8) is 0 Å². The summed E-state index contributed by atoms with van der Waals surface area (Å²) in [5, 5.41) is 11.2. The predicted molar refractivity (Wildman–Crippen MR) is 109 cm³/mol. The van der Waals surface area contributed by atoms with Crippen molar-refractivity contribution in [3.05, 3.63) is 54.1 Å². The van der Waals surface area contributed by atoms with Gasteiger partial charge in [-0.3, -0.25) is 4.79 Å². The highest BCUT2D eigenvalue weighted by molar-refractivity contribution is 5.94. The van der Waals surface area contributed by atoms with Crippen LogP contribution in [0.4, 0.5) is 0 Å². The maximum absolute atomic E-state index is 12.0. The van der Waals surface area contributed by atoms with Gasteiger partial charge in [0, 0.05) is 12.1 Å². The molecule has 2 aromatic carbocycles. The molecule has 0 aliphatic rings. The molecule has 0 saturated heterocycles. The molecule has 0 aromatic heterocycles. The molecule has 0 unspecified atom stereocenters. The van der Waals surface area contributed by atoms with Crippen LogP contribution in [0.5, 0.6) is 5.75 Å². The van der Waals surface area contributed by atoms with E-state index in [9.17, 15) is 4.79 Å². The van der Waals surface area contributed by atoms with Crippen LogP contribution in [0.2, 0.25) is 0 Å². The smallest absolute Gasteiger partial charge is 0.251 e. The molecule has 0 fully saturated rings. The Morgan fingerprint density at radius 3 is 2.22 bits per heavy atom. The van der Waals surface area contributed by atoms with Crippen molar-refractivity contribution in [3.8, 4) is 22.9 Å². The van der Waals surface area contributed by atoms with E-state index in [4.69, 9.17) is 10.00 Å². The average molecular weight is 364 g/mol. The van der Waals surface area contributed by atoms with Crippen LogP contribution in [-0.4, -0.2) is 19.1 Å². The topological polar surface area (TPSA) is 62.1 Å².